The number of hydrogen-bond donors (Lipinski definition) is 1. The van der Waals surface area contributed by atoms with Gasteiger partial charge in [0.1, 0.15) is 28.1 Å². The summed E-state index contributed by atoms with van der Waals surface area (Å²) < 4.78 is 21.2. The van der Waals surface area contributed by atoms with Crippen molar-refractivity contribution >= 4 is 40.7 Å². The third kappa shape index (κ3) is 6.08. The molecular formula is C25H25FN6OS2. The number of ether oxygens (including phenoxy) is 1. The van der Waals surface area contributed by atoms with Gasteiger partial charge in [-0.3, -0.25) is 0 Å². The van der Waals surface area contributed by atoms with Crippen molar-refractivity contribution in [1.29, 1.82) is 0 Å². The molecular weight excluding hydrogens is 483 g/mol. The molecule has 4 aromatic rings. The van der Waals surface area contributed by atoms with Crippen molar-refractivity contribution in [3.8, 4) is 16.5 Å². The molecule has 1 fully saturated rings. The SMILES string of the molecule is CCOc1ccc(SN2CCN(c3nc(Nc4ccc(F)cc4)cc(-c4nccs4)n3)CC2)cc1. The Morgan fingerprint density at radius 2 is 1.80 bits per heavy atom. The van der Waals surface area contributed by atoms with E-state index in [0.717, 1.165) is 48.3 Å². The van der Waals surface area contributed by atoms with Gasteiger partial charge >= 0.3 is 0 Å². The van der Waals surface area contributed by atoms with Crippen molar-refractivity contribution in [2.24, 2.45) is 0 Å². The lowest BCUT2D eigenvalue weighted by atomic mass is 10.3. The van der Waals surface area contributed by atoms with Gasteiger partial charge in [-0.05, 0) is 67.4 Å². The minimum atomic E-state index is -0.275. The minimum Gasteiger partial charge on any atom is -0.494 e. The van der Waals surface area contributed by atoms with Crippen LogP contribution >= 0.6 is 23.3 Å². The molecule has 0 aliphatic carbocycles. The first-order valence-corrected chi connectivity index (χ1v) is 13.0. The van der Waals surface area contributed by atoms with Gasteiger partial charge in [-0.15, -0.1) is 11.3 Å². The van der Waals surface area contributed by atoms with Crippen LogP contribution < -0.4 is 15.0 Å². The van der Waals surface area contributed by atoms with Crippen molar-refractivity contribution < 1.29 is 9.13 Å². The quantitative estimate of drug-likeness (QED) is 0.304. The van der Waals surface area contributed by atoms with Gasteiger partial charge in [-0.1, -0.05) is 0 Å². The number of thiazole rings is 1. The molecule has 0 unspecified atom stereocenters. The molecule has 180 valence electrons. The highest BCUT2D eigenvalue weighted by molar-refractivity contribution is 7.97. The molecule has 0 spiro atoms. The zero-order chi connectivity index (χ0) is 24.0. The molecule has 0 bridgehead atoms. The Bertz CT molecular complexity index is 1230. The molecule has 2 aromatic carbocycles. The Labute approximate surface area is 212 Å². The van der Waals surface area contributed by atoms with E-state index in [-0.39, 0.29) is 5.82 Å². The normalized spacial score (nSPS) is 14.2. The highest BCUT2D eigenvalue weighted by atomic mass is 32.2. The van der Waals surface area contributed by atoms with E-state index >= 15 is 0 Å². The lowest BCUT2D eigenvalue weighted by Crippen LogP contribution is -2.44. The monoisotopic (exact) mass is 508 g/mol. The molecule has 35 heavy (non-hydrogen) atoms. The van der Waals surface area contributed by atoms with Gasteiger partial charge in [0.05, 0.1) is 6.61 Å². The fraction of sp³-hybridized carbons (Fsp3) is 0.240. The summed E-state index contributed by atoms with van der Waals surface area (Å²) in [4.78, 5) is 17.4. The van der Waals surface area contributed by atoms with Gasteiger partial charge in [0.15, 0.2) is 0 Å². The Hall–Kier alpha value is -3.21. The summed E-state index contributed by atoms with van der Waals surface area (Å²) >= 11 is 3.29. The molecule has 1 saturated heterocycles. The summed E-state index contributed by atoms with van der Waals surface area (Å²) in [7, 11) is 0. The fourth-order valence-electron chi connectivity index (χ4n) is 3.67. The average molecular weight is 509 g/mol. The summed E-state index contributed by atoms with van der Waals surface area (Å²) in [5, 5.41) is 6.04. The second-order valence-corrected chi connectivity index (χ2v) is 9.88. The summed E-state index contributed by atoms with van der Waals surface area (Å²) in [6.45, 7) is 6.03. The maximum absolute atomic E-state index is 13.3. The Morgan fingerprint density at radius 3 is 2.49 bits per heavy atom. The van der Waals surface area contributed by atoms with E-state index in [1.165, 1.54) is 28.4 Å². The molecule has 0 amide bonds. The number of rotatable bonds is 8. The number of aromatic nitrogens is 3. The maximum Gasteiger partial charge on any atom is 0.228 e. The van der Waals surface area contributed by atoms with Crippen molar-refractivity contribution in [2.75, 3.05) is 43.0 Å². The Balaban J connectivity index is 1.29. The van der Waals surface area contributed by atoms with Crippen LogP contribution in [0, 0.1) is 5.82 Å². The highest BCUT2D eigenvalue weighted by Crippen LogP contribution is 2.29. The number of benzene rings is 2. The third-order valence-electron chi connectivity index (χ3n) is 5.37. The van der Waals surface area contributed by atoms with Crippen LogP contribution in [0.25, 0.3) is 10.7 Å². The third-order valence-corrected chi connectivity index (χ3v) is 7.28. The van der Waals surface area contributed by atoms with E-state index in [9.17, 15) is 4.39 Å². The van der Waals surface area contributed by atoms with Crippen LogP contribution in [-0.4, -0.2) is 52.0 Å². The summed E-state index contributed by atoms with van der Waals surface area (Å²) in [6, 6.07) is 16.3. The van der Waals surface area contributed by atoms with Crippen LogP contribution in [-0.2, 0) is 0 Å². The van der Waals surface area contributed by atoms with Crippen molar-refractivity contribution in [2.45, 2.75) is 11.8 Å². The topological polar surface area (TPSA) is 66.4 Å². The average Bonchev–Trinajstić information content (AvgIpc) is 3.42. The molecule has 1 N–H and O–H groups in total. The van der Waals surface area contributed by atoms with Gasteiger partial charge < -0.3 is 15.0 Å². The fourth-order valence-corrected chi connectivity index (χ4v) is 5.17. The molecule has 1 aliphatic rings. The van der Waals surface area contributed by atoms with Crippen LogP contribution in [0.15, 0.2) is 71.1 Å². The number of anilines is 3. The predicted molar refractivity (Wildman–Crippen MR) is 140 cm³/mol. The number of hydrogen-bond acceptors (Lipinski definition) is 9. The number of nitrogens with zero attached hydrogens (tertiary/aromatic N) is 5. The maximum atomic E-state index is 13.3. The molecule has 0 saturated carbocycles. The molecule has 2 aromatic heterocycles. The van der Waals surface area contributed by atoms with E-state index in [2.05, 4.69) is 31.6 Å². The zero-order valence-corrected chi connectivity index (χ0v) is 20.9. The smallest absolute Gasteiger partial charge is 0.228 e. The Kier molecular flexibility index (Phi) is 7.41. The van der Waals surface area contributed by atoms with Crippen LogP contribution in [0.1, 0.15) is 6.92 Å². The molecule has 7 nitrogen and oxygen atoms in total. The largest absolute Gasteiger partial charge is 0.494 e. The minimum absolute atomic E-state index is 0.275. The standard InChI is InChI=1S/C25H25FN6OS2/c1-2-33-20-7-9-21(10-8-20)35-32-14-12-31(13-15-32)25-29-22(24-27-11-16-34-24)17-23(30-25)28-19-5-3-18(26)4-6-19/h3-11,16-17H,2,12-15H2,1H3,(H,28,29,30). The summed E-state index contributed by atoms with van der Waals surface area (Å²) in [6.07, 6.45) is 1.77. The molecule has 3 heterocycles. The first-order valence-electron chi connectivity index (χ1n) is 11.4. The van der Waals surface area contributed by atoms with Crippen molar-refractivity contribution in [1.82, 2.24) is 19.3 Å². The summed E-state index contributed by atoms with van der Waals surface area (Å²) in [5.74, 6) is 1.93. The van der Waals surface area contributed by atoms with E-state index in [4.69, 9.17) is 14.7 Å². The van der Waals surface area contributed by atoms with Gasteiger partial charge in [-0.25, -0.2) is 18.7 Å². The lowest BCUT2D eigenvalue weighted by molar-refractivity contribution is 0.340. The van der Waals surface area contributed by atoms with E-state index in [1.54, 1.807) is 30.3 Å². The molecule has 0 atom stereocenters. The summed E-state index contributed by atoms with van der Waals surface area (Å²) in [5.41, 5.74) is 1.53. The van der Waals surface area contributed by atoms with Gasteiger partial charge in [-0.2, -0.15) is 4.98 Å². The zero-order valence-electron chi connectivity index (χ0n) is 19.2. The van der Waals surface area contributed by atoms with Crippen LogP contribution in [0.2, 0.25) is 0 Å². The van der Waals surface area contributed by atoms with Crippen LogP contribution in [0.3, 0.4) is 0 Å². The number of piperazine rings is 1. The van der Waals surface area contributed by atoms with Gasteiger partial charge in [0, 0.05) is 54.4 Å². The Morgan fingerprint density at radius 1 is 1.03 bits per heavy atom. The van der Waals surface area contributed by atoms with Crippen LogP contribution in [0.5, 0.6) is 5.75 Å². The number of halogens is 1. The van der Waals surface area contributed by atoms with Crippen molar-refractivity contribution in [3.63, 3.8) is 0 Å². The van der Waals surface area contributed by atoms with E-state index in [1.807, 2.05) is 30.5 Å². The second-order valence-electron chi connectivity index (χ2n) is 7.82. The molecule has 0 radical (unpaired) electrons. The predicted octanol–water partition coefficient (Wildman–Crippen LogP) is 5.71. The molecule has 10 heteroatoms. The number of nitrogens with one attached hydrogen (secondary N) is 1. The molecule has 5 rings (SSSR count). The lowest BCUT2D eigenvalue weighted by Gasteiger charge is -2.34. The van der Waals surface area contributed by atoms with E-state index in [0.29, 0.717) is 18.4 Å². The van der Waals surface area contributed by atoms with Crippen molar-refractivity contribution in [3.05, 3.63) is 72.0 Å². The highest BCUT2D eigenvalue weighted by Gasteiger charge is 2.21. The van der Waals surface area contributed by atoms with E-state index < -0.39 is 0 Å². The van der Waals surface area contributed by atoms with Crippen LogP contribution in [0.4, 0.5) is 21.8 Å². The van der Waals surface area contributed by atoms with Gasteiger partial charge in [0.2, 0.25) is 5.95 Å². The second kappa shape index (κ2) is 11.0. The first kappa shape index (κ1) is 23.5. The first-order chi connectivity index (χ1) is 17.2. The molecule has 1 aliphatic heterocycles. The van der Waals surface area contributed by atoms with Gasteiger partial charge in [0.25, 0.3) is 0 Å².